The van der Waals surface area contributed by atoms with Crippen molar-refractivity contribution in [2.45, 2.75) is 38.8 Å². The highest BCUT2D eigenvalue weighted by molar-refractivity contribution is 4.81. The Morgan fingerprint density at radius 3 is 3.07 bits per heavy atom. The van der Waals surface area contributed by atoms with Crippen LogP contribution in [0.3, 0.4) is 0 Å². The van der Waals surface area contributed by atoms with Crippen LogP contribution in [0.25, 0.3) is 0 Å². The maximum absolute atomic E-state index is 11.2. The third-order valence-electron chi connectivity index (χ3n) is 2.20. The summed E-state index contributed by atoms with van der Waals surface area (Å²) in [6.07, 6.45) is 5.07. The lowest BCUT2D eigenvalue weighted by molar-refractivity contribution is 0.155. The van der Waals surface area contributed by atoms with Crippen molar-refractivity contribution in [1.82, 2.24) is 9.55 Å². The molecule has 0 saturated heterocycles. The lowest BCUT2D eigenvalue weighted by Gasteiger charge is -2.07. The van der Waals surface area contributed by atoms with Crippen molar-refractivity contribution in [3.63, 3.8) is 0 Å². The SMILES string of the molecule is CCC(O)CCCn1cnccc1=O. The predicted molar refractivity (Wildman–Crippen MR) is 54.0 cm³/mol. The molecule has 1 heterocycles. The molecule has 1 N–H and O–H groups in total. The fraction of sp³-hybridized carbons (Fsp3) is 0.600. The summed E-state index contributed by atoms with van der Waals surface area (Å²) in [5.41, 5.74) is -0.0361. The molecule has 0 aliphatic carbocycles. The highest BCUT2D eigenvalue weighted by Gasteiger charge is 2.00. The van der Waals surface area contributed by atoms with Gasteiger partial charge in [0, 0.05) is 18.8 Å². The van der Waals surface area contributed by atoms with Crippen LogP contribution in [0.15, 0.2) is 23.4 Å². The molecule has 0 radical (unpaired) electrons. The van der Waals surface area contributed by atoms with Gasteiger partial charge in [-0.1, -0.05) is 6.92 Å². The van der Waals surface area contributed by atoms with Crippen LogP contribution >= 0.6 is 0 Å². The van der Waals surface area contributed by atoms with Gasteiger partial charge in [-0.2, -0.15) is 0 Å². The number of nitrogens with zero attached hydrogens (tertiary/aromatic N) is 2. The quantitative estimate of drug-likeness (QED) is 0.757. The minimum absolute atomic E-state index is 0.0361. The Morgan fingerprint density at radius 1 is 1.64 bits per heavy atom. The van der Waals surface area contributed by atoms with Crippen LogP contribution in [0.2, 0.25) is 0 Å². The normalized spacial score (nSPS) is 12.7. The van der Waals surface area contributed by atoms with Gasteiger partial charge in [0.1, 0.15) is 0 Å². The van der Waals surface area contributed by atoms with Gasteiger partial charge in [0.05, 0.1) is 12.4 Å². The fourth-order valence-electron chi connectivity index (χ4n) is 1.25. The van der Waals surface area contributed by atoms with Gasteiger partial charge in [-0.3, -0.25) is 9.36 Å². The summed E-state index contributed by atoms with van der Waals surface area (Å²) >= 11 is 0. The lowest BCUT2D eigenvalue weighted by Crippen LogP contribution is -2.19. The Morgan fingerprint density at radius 2 is 2.43 bits per heavy atom. The summed E-state index contributed by atoms with van der Waals surface area (Å²) in [5.74, 6) is 0. The first-order chi connectivity index (χ1) is 6.74. The van der Waals surface area contributed by atoms with E-state index in [1.54, 1.807) is 4.57 Å². The molecule has 4 nitrogen and oxygen atoms in total. The van der Waals surface area contributed by atoms with E-state index >= 15 is 0 Å². The van der Waals surface area contributed by atoms with Gasteiger partial charge >= 0.3 is 0 Å². The molecule has 0 amide bonds. The number of aryl methyl sites for hydroxylation is 1. The van der Waals surface area contributed by atoms with Gasteiger partial charge in [0.25, 0.3) is 5.56 Å². The van der Waals surface area contributed by atoms with Crippen LogP contribution in [0.1, 0.15) is 26.2 Å². The molecule has 1 atom stereocenters. The van der Waals surface area contributed by atoms with Crippen LogP contribution < -0.4 is 5.56 Å². The average Bonchev–Trinajstić information content (AvgIpc) is 2.20. The molecule has 0 fully saturated rings. The van der Waals surface area contributed by atoms with Crippen molar-refractivity contribution >= 4 is 0 Å². The summed E-state index contributed by atoms with van der Waals surface area (Å²) in [7, 11) is 0. The topological polar surface area (TPSA) is 55.1 Å². The molecule has 1 aromatic rings. The second kappa shape index (κ2) is 5.54. The standard InChI is InChI=1S/C10H16N2O2/c1-2-9(13)4-3-7-12-8-11-6-5-10(12)14/h5-6,8-9,13H,2-4,7H2,1H3. The zero-order valence-electron chi connectivity index (χ0n) is 8.39. The van der Waals surface area contributed by atoms with E-state index in [-0.39, 0.29) is 11.7 Å². The zero-order valence-corrected chi connectivity index (χ0v) is 8.39. The molecule has 0 aliphatic rings. The summed E-state index contributed by atoms with van der Waals surface area (Å²) < 4.78 is 1.56. The molecule has 0 spiro atoms. The predicted octanol–water partition coefficient (Wildman–Crippen LogP) is 0.794. The Bertz CT molecular complexity index is 322. The highest BCUT2D eigenvalue weighted by atomic mass is 16.3. The molecule has 0 saturated carbocycles. The second-order valence-corrected chi connectivity index (χ2v) is 3.32. The Balaban J connectivity index is 2.39. The van der Waals surface area contributed by atoms with Crippen LogP contribution in [0.4, 0.5) is 0 Å². The summed E-state index contributed by atoms with van der Waals surface area (Å²) in [5, 5.41) is 9.30. The minimum Gasteiger partial charge on any atom is -0.393 e. The van der Waals surface area contributed by atoms with Crippen LogP contribution in [0, 0.1) is 0 Å². The van der Waals surface area contributed by atoms with E-state index in [1.165, 1.54) is 18.6 Å². The Labute approximate surface area is 83.2 Å². The van der Waals surface area contributed by atoms with Crippen molar-refractivity contribution in [2.24, 2.45) is 0 Å². The number of aliphatic hydroxyl groups is 1. The van der Waals surface area contributed by atoms with E-state index in [0.717, 1.165) is 19.3 Å². The van der Waals surface area contributed by atoms with E-state index < -0.39 is 0 Å². The minimum atomic E-state index is -0.248. The molecule has 4 heteroatoms. The van der Waals surface area contributed by atoms with Crippen molar-refractivity contribution in [3.05, 3.63) is 28.9 Å². The molecule has 14 heavy (non-hydrogen) atoms. The fourth-order valence-corrected chi connectivity index (χ4v) is 1.25. The summed E-state index contributed by atoms with van der Waals surface area (Å²) in [6.45, 7) is 2.57. The van der Waals surface area contributed by atoms with Gasteiger partial charge in [0.2, 0.25) is 0 Å². The van der Waals surface area contributed by atoms with E-state index in [4.69, 9.17) is 0 Å². The Kier molecular flexibility index (Phi) is 4.32. The number of aliphatic hydroxyl groups excluding tert-OH is 1. The van der Waals surface area contributed by atoms with E-state index in [2.05, 4.69) is 4.98 Å². The second-order valence-electron chi connectivity index (χ2n) is 3.32. The molecule has 1 unspecified atom stereocenters. The highest BCUT2D eigenvalue weighted by Crippen LogP contribution is 2.01. The first kappa shape index (κ1) is 10.9. The first-order valence-electron chi connectivity index (χ1n) is 4.92. The molecule has 0 bridgehead atoms. The van der Waals surface area contributed by atoms with Crippen LogP contribution in [0.5, 0.6) is 0 Å². The van der Waals surface area contributed by atoms with Crippen molar-refractivity contribution < 1.29 is 5.11 Å². The van der Waals surface area contributed by atoms with Crippen molar-refractivity contribution in [1.29, 1.82) is 0 Å². The number of hydrogen-bond donors (Lipinski definition) is 1. The summed E-state index contributed by atoms with van der Waals surface area (Å²) in [6, 6.07) is 1.44. The number of rotatable bonds is 5. The van der Waals surface area contributed by atoms with Crippen LogP contribution in [-0.2, 0) is 6.54 Å². The molecular formula is C10H16N2O2. The monoisotopic (exact) mass is 196 g/mol. The van der Waals surface area contributed by atoms with E-state index in [0.29, 0.717) is 6.54 Å². The molecule has 78 valence electrons. The number of hydrogen-bond acceptors (Lipinski definition) is 3. The van der Waals surface area contributed by atoms with E-state index in [1.807, 2.05) is 6.92 Å². The van der Waals surface area contributed by atoms with Gasteiger partial charge in [-0.25, -0.2) is 4.98 Å². The maximum Gasteiger partial charge on any atom is 0.253 e. The smallest absolute Gasteiger partial charge is 0.253 e. The van der Waals surface area contributed by atoms with Crippen molar-refractivity contribution in [3.8, 4) is 0 Å². The molecular weight excluding hydrogens is 180 g/mol. The Hall–Kier alpha value is -1.16. The zero-order chi connectivity index (χ0) is 10.4. The third kappa shape index (κ3) is 3.30. The maximum atomic E-state index is 11.2. The first-order valence-corrected chi connectivity index (χ1v) is 4.92. The van der Waals surface area contributed by atoms with Crippen LogP contribution in [-0.4, -0.2) is 20.8 Å². The van der Waals surface area contributed by atoms with Gasteiger partial charge in [0.15, 0.2) is 0 Å². The van der Waals surface area contributed by atoms with Gasteiger partial charge < -0.3 is 5.11 Å². The molecule has 1 rings (SSSR count). The lowest BCUT2D eigenvalue weighted by atomic mass is 10.1. The third-order valence-corrected chi connectivity index (χ3v) is 2.20. The average molecular weight is 196 g/mol. The summed E-state index contributed by atoms with van der Waals surface area (Å²) in [4.78, 5) is 15.1. The largest absolute Gasteiger partial charge is 0.393 e. The molecule has 1 aromatic heterocycles. The molecule has 0 aliphatic heterocycles. The molecule has 0 aromatic carbocycles. The van der Waals surface area contributed by atoms with E-state index in [9.17, 15) is 9.90 Å². The van der Waals surface area contributed by atoms with Gasteiger partial charge in [-0.05, 0) is 19.3 Å². The number of aromatic nitrogens is 2. The van der Waals surface area contributed by atoms with Gasteiger partial charge in [-0.15, -0.1) is 0 Å². The van der Waals surface area contributed by atoms with Crippen molar-refractivity contribution in [2.75, 3.05) is 0 Å².